The number of hydrogen-bond donors (Lipinski definition) is 3. The summed E-state index contributed by atoms with van der Waals surface area (Å²) in [5, 5.41) is 8.75. The second kappa shape index (κ2) is 9.57. The van der Waals surface area contributed by atoms with E-state index in [9.17, 15) is 14.0 Å². The maximum atomic E-state index is 13.2. The summed E-state index contributed by atoms with van der Waals surface area (Å²) in [6, 6.07) is 16.3. The lowest BCUT2D eigenvalue weighted by Gasteiger charge is -2.18. The first-order valence-electron chi connectivity index (χ1n) is 10.0. The van der Waals surface area contributed by atoms with Crippen molar-refractivity contribution in [3.05, 3.63) is 94.1 Å². The second-order valence-electron chi connectivity index (χ2n) is 7.22. The molecule has 1 atom stereocenters. The Morgan fingerprint density at radius 2 is 1.84 bits per heavy atom. The molecule has 1 unspecified atom stereocenters. The highest BCUT2D eigenvalue weighted by Gasteiger charge is 2.23. The van der Waals surface area contributed by atoms with Crippen molar-refractivity contribution in [2.45, 2.75) is 18.9 Å². The molecule has 5 nitrogen and oxygen atoms in total. The first-order valence-corrected chi connectivity index (χ1v) is 10.9. The maximum Gasteiger partial charge on any atom is 0.251 e. The fourth-order valence-corrected chi connectivity index (χ4v) is 4.17. The third-order valence-electron chi connectivity index (χ3n) is 5.08. The SMILES string of the molecule is O=C(NC(Cc1c[nH]c2ccccc12)C(=O)NCCc1cccs1)c1ccc(F)cc1. The molecule has 0 radical (unpaired) electrons. The molecule has 2 heterocycles. The van der Waals surface area contributed by atoms with Gasteiger partial charge in [-0.1, -0.05) is 24.3 Å². The minimum atomic E-state index is -0.764. The number of aromatic amines is 1. The van der Waals surface area contributed by atoms with Crippen molar-refractivity contribution in [2.75, 3.05) is 6.54 Å². The van der Waals surface area contributed by atoms with E-state index >= 15 is 0 Å². The normalized spacial score (nSPS) is 11.9. The predicted octanol–water partition coefficient (Wildman–Crippen LogP) is 4.07. The van der Waals surface area contributed by atoms with Crippen molar-refractivity contribution >= 4 is 34.1 Å². The average molecular weight is 436 g/mol. The minimum absolute atomic E-state index is 0.253. The van der Waals surface area contributed by atoms with Gasteiger partial charge in [0, 0.05) is 40.5 Å². The van der Waals surface area contributed by atoms with Gasteiger partial charge >= 0.3 is 0 Å². The van der Waals surface area contributed by atoms with E-state index in [1.54, 1.807) is 11.3 Å². The van der Waals surface area contributed by atoms with Gasteiger partial charge in [0.1, 0.15) is 11.9 Å². The molecule has 2 aromatic carbocycles. The van der Waals surface area contributed by atoms with Gasteiger partial charge in [-0.3, -0.25) is 9.59 Å². The second-order valence-corrected chi connectivity index (χ2v) is 8.25. The number of halogens is 1. The van der Waals surface area contributed by atoms with Crippen LogP contribution in [0.2, 0.25) is 0 Å². The number of hydrogen-bond acceptors (Lipinski definition) is 3. The highest BCUT2D eigenvalue weighted by molar-refractivity contribution is 7.09. The van der Waals surface area contributed by atoms with Crippen LogP contribution < -0.4 is 10.6 Å². The Morgan fingerprint density at radius 3 is 2.61 bits per heavy atom. The van der Waals surface area contributed by atoms with E-state index in [2.05, 4.69) is 15.6 Å². The fourth-order valence-electron chi connectivity index (χ4n) is 3.46. The summed E-state index contributed by atoms with van der Waals surface area (Å²) in [4.78, 5) is 30.1. The van der Waals surface area contributed by atoms with Crippen molar-refractivity contribution in [1.29, 1.82) is 0 Å². The van der Waals surface area contributed by atoms with Crippen LogP contribution in [0, 0.1) is 5.82 Å². The zero-order valence-electron chi connectivity index (χ0n) is 16.7. The van der Waals surface area contributed by atoms with Crippen LogP contribution in [0.15, 0.2) is 72.2 Å². The lowest BCUT2D eigenvalue weighted by molar-refractivity contribution is -0.122. The molecular formula is C24H22FN3O2S. The molecule has 0 saturated carbocycles. The summed E-state index contributed by atoms with van der Waals surface area (Å²) in [5.41, 5.74) is 2.21. The van der Waals surface area contributed by atoms with Gasteiger partial charge in [-0.25, -0.2) is 4.39 Å². The molecular weight excluding hydrogens is 413 g/mol. The van der Waals surface area contributed by atoms with Gasteiger partial charge in [-0.2, -0.15) is 0 Å². The van der Waals surface area contributed by atoms with Gasteiger partial charge in [0.25, 0.3) is 5.91 Å². The van der Waals surface area contributed by atoms with Crippen LogP contribution in [0.5, 0.6) is 0 Å². The Balaban J connectivity index is 1.49. The smallest absolute Gasteiger partial charge is 0.251 e. The average Bonchev–Trinajstić information content (AvgIpc) is 3.44. The van der Waals surface area contributed by atoms with Crippen LogP contribution in [0.4, 0.5) is 4.39 Å². The quantitative estimate of drug-likeness (QED) is 0.390. The molecule has 3 N–H and O–H groups in total. The molecule has 0 aliphatic carbocycles. The first kappa shape index (κ1) is 20.8. The number of aromatic nitrogens is 1. The molecule has 0 spiro atoms. The van der Waals surface area contributed by atoms with E-state index in [-0.39, 0.29) is 5.91 Å². The van der Waals surface area contributed by atoms with Crippen LogP contribution in [0.1, 0.15) is 20.8 Å². The number of carbonyl (C=O) groups is 2. The third-order valence-corrected chi connectivity index (χ3v) is 6.01. The number of carbonyl (C=O) groups excluding carboxylic acids is 2. The number of rotatable bonds is 8. The molecule has 4 aromatic rings. The molecule has 7 heteroatoms. The van der Waals surface area contributed by atoms with Crippen molar-refractivity contribution in [1.82, 2.24) is 15.6 Å². The van der Waals surface area contributed by atoms with E-state index in [4.69, 9.17) is 0 Å². The van der Waals surface area contributed by atoms with E-state index in [1.165, 1.54) is 29.1 Å². The molecule has 0 fully saturated rings. The van der Waals surface area contributed by atoms with Crippen LogP contribution in [0.3, 0.4) is 0 Å². The van der Waals surface area contributed by atoms with Crippen LogP contribution >= 0.6 is 11.3 Å². The number of fused-ring (bicyclic) bond motifs is 1. The van der Waals surface area contributed by atoms with Gasteiger partial charge in [-0.15, -0.1) is 11.3 Å². The largest absolute Gasteiger partial charge is 0.361 e. The van der Waals surface area contributed by atoms with Gasteiger partial charge in [0.05, 0.1) is 0 Å². The van der Waals surface area contributed by atoms with Gasteiger partial charge in [0.2, 0.25) is 5.91 Å². The number of para-hydroxylation sites is 1. The number of nitrogens with one attached hydrogen (secondary N) is 3. The zero-order chi connectivity index (χ0) is 21.6. The molecule has 0 bridgehead atoms. The summed E-state index contributed by atoms with van der Waals surface area (Å²) >= 11 is 1.64. The fraction of sp³-hybridized carbons (Fsp3) is 0.167. The number of H-pyrrole nitrogens is 1. The number of thiophene rings is 1. The van der Waals surface area contributed by atoms with Crippen molar-refractivity contribution < 1.29 is 14.0 Å². The standard InChI is InChI=1S/C24H22FN3O2S/c25-18-9-7-16(8-10-18)23(29)28-22(24(30)26-12-11-19-4-3-13-31-19)14-17-15-27-21-6-2-1-5-20(17)21/h1-10,13,15,22,27H,11-12,14H2,(H,26,30)(H,28,29). The summed E-state index contributed by atoms with van der Waals surface area (Å²) in [6.45, 7) is 0.482. The van der Waals surface area contributed by atoms with Crippen LogP contribution in [0.25, 0.3) is 10.9 Å². The van der Waals surface area contributed by atoms with Crippen molar-refractivity contribution in [3.8, 4) is 0 Å². The number of benzene rings is 2. The zero-order valence-corrected chi connectivity index (χ0v) is 17.5. The summed E-state index contributed by atoms with van der Waals surface area (Å²) in [5.74, 6) is -1.09. The van der Waals surface area contributed by atoms with E-state index in [0.717, 1.165) is 22.9 Å². The molecule has 0 aliphatic rings. The predicted molar refractivity (Wildman–Crippen MR) is 121 cm³/mol. The maximum absolute atomic E-state index is 13.2. The highest BCUT2D eigenvalue weighted by Crippen LogP contribution is 2.19. The monoisotopic (exact) mass is 435 g/mol. The van der Waals surface area contributed by atoms with E-state index < -0.39 is 17.8 Å². The number of amides is 2. The highest BCUT2D eigenvalue weighted by atomic mass is 32.1. The van der Waals surface area contributed by atoms with Gasteiger partial charge < -0.3 is 15.6 Å². The molecule has 0 aliphatic heterocycles. The molecule has 4 rings (SSSR count). The Labute approximate surface area is 183 Å². The molecule has 0 saturated heterocycles. The van der Waals surface area contributed by atoms with Gasteiger partial charge in [0.15, 0.2) is 0 Å². The minimum Gasteiger partial charge on any atom is -0.361 e. The Morgan fingerprint density at radius 1 is 1.03 bits per heavy atom. The summed E-state index contributed by atoms with van der Waals surface area (Å²) in [7, 11) is 0. The van der Waals surface area contributed by atoms with E-state index in [0.29, 0.717) is 18.5 Å². The van der Waals surface area contributed by atoms with Crippen LogP contribution in [-0.4, -0.2) is 29.4 Å². The molecule has 2 amide bonds. The molecule has 31 heavy (non-hydrogen) atoms. The lowest BCUT2D eigenvalue weighted by atomic mass is 10.0. The summed E-state index contributed by atoms with van der Waals surface area (Å²) < 4.78 is 13.2. The van der Waals surface area contributed by atoms with Crippen molar-refractivity contribution in [3.63, 3.8) is 0 Å². The molecule has 158 valence electrons. The topological polar surface area (TPSA) is 74.0 Å². The molecule has 2 aromatic heterocycles. The Hall–Kier alpha value is -3.45. The first-order chi connectivity index (χ1) is 15.1. The van der Waals surface area contributed by atoms with Gasteiger partial charge in [-0.05, 0) is 53.8 Å². The Kier molecular flexibility index (Phi) is 6.43. The van der Waals surface area contributed by atoms with E-state index in [1.807, 2.05) is 48.0 Å². The third kappa shape index (κ3) is 5.19. The Bertz CT molecular complexity index is 1170. The summed E-state index contributed by atoms with van der Waals surface area (Å²) in [6.07, 6.45) is 2.93. The van der Waals surface area contributed by atoms with Crippen LogP contribution in [-0.2, 0) is 17.6 Å². The lowest BCUT2D eigenvalue weighted by Crippen LogP contribution is -2.48. The van der Waals surface area contributed by atoms with Crippen molar-refractivity contribution in [2.24, 2.45) is 0 Å².